The van der Waals surface area contributed by atoms with Gasteiger partial charge in [0.15, 0.2) is 5.78 Å². The first-order chi connectivity index (χ1) is 5.79. The molecule has 0 unspecified atom stereocenters. The van der Waals surface area contributed by atoms with Crippen LogP contribution in [0.25, 0.3) is 0 Å². The Morgan fingerprint density at radius 1 is 1.50 bits per heavy atom. The Morgan fingerprint density at radius 2 is 2.33 bits per heavy atom. The normalized spacial score (nSPS) is 17.2. The number of Topliss-reactive ketones (excluding diaryl/α,β-unsaturated/α-hetero) is 1. The molecule has 12 heavy (non-hydrogen) atoms. The lowest BCUT2D eigenvalue weighted by atomic mass is 10.2. The number of aryl methyl sites for hydroxylation is 1. The molecule has 0 N–H and O–H groups in total. The van der Waals surface area contributed by atoms with E-state index in [0.29, 0.717) is 6.42 Å². The van der Waals surface area contributed by atoms with Crippen molar-refractivity contribution >= 4 is 21.7 Å². The Kier molecular flexibility index (Phi) is 2.00. The molecule has 0 saturated heterocycles. The van der Waals surface area contributed by atoms with Crippen molar-refractivity contribution in [3.05, 3.63) is 16.4 Å². The average Bonchev–Trinajstić information content (AvgIpc) is 2.29. The number of aromatic nitrogens is 2. The first-order valence-electron chi connectivity index (χ1n) is 4.03. The molecule has 64 valence electrons. The second kappa shape index (κ2) is 3.01. The Bertz CT molecular complexity index is 319. The van der Waals surface area contributed by atoms with Gasteiger partial charge < -0.3 is 0 Å². The molecule has 2 rings (SSSR count). The molecule has 2 heterocycles. The topological polar surface area (TPSA) is 34.9 Å². The van der Waals surface area contributed by atoms with Gasteiger partial charge in [-0.1, -0.05) is 0 Å². The van der Waals surface area contributed by atoms with Gasteiger partial charge in [-0.15, -0.1) is 0 Å². The fourth-order valence-electron chi connectivity index (χ4n) is 1.47. The van der Waals surface area contributed by atoms with Gasteiger partial charge in [0.25, 0.3) is 0 Å². The van der Waals surface area contributed by atoms with Crippen LogP contribution in [0.1, 0.15) is 29.8 Å². The maximum absolute atomic E-state index is 11.5. The van der Waals surface area contributed by atoms with Crippen LogP contribution in [0.15, 0.2) is 10.7 Å². The highest BCUT2D eigenvalue weighted by Gasteiger charge is 2.18. The van der Waals surface area contributed by atoms with E-state index in [2.05, 4.69) is 21.0 Å². The number of carbonyl (C=O) groups is 1. The van der Waals surface area contributed by atoms with Crippen molar-refractivity contribution in [1.29, 1.82) is 0 Å². The molecular formula is C8H9BrN2O. The van der Waals surface area contributed by atoms with E-state index < -0.39 is 0 Å². The van der Waals surface area contributed by atoms with E-state index >= 15 is 0 Å². The van der Waals surface area contributed by atoms with Crippen molar-refractivity contribution in [1.82, 2.24) is 9.78 Å². The molecule has 0 bridgehead atoms. The number of nitrogens with zero attached hydrogens (tertiary/aromatic N) is 2. The minimum Gasteiger partial charge on any atom is -0.292 e. The molecule has 0 saturated carbocycles. The predicted octanol–water partition coefficient (Wildman–Crippen LogP) is 2.01. The van der Waals surface area contributed by atoms with Crippen LogP contribution in [-0.2, 0) is 6.54 Å². The minimum atomic E-state index is 0.205. The smallest absolute Gasteiger partial charge is 0.182 e. The molecular weight excluding hydrogens is 220 g/mol. The van der Waals surface area contributed by atoms with Gasteiger partial charge in [-0.2, -0.15) is 5.10 Å². The van der Waals surface area contributed by atoms with E-state index in [0.717, 1.165) is 29.6 Å². The second-order valence-corrected chi connectivity index (χ2v) is 3.80. The van der Waals surface area contributed by atoms with Crippen LogP contribution in [0.3, 0.4) is 0 Å². The molecule has 0 aliphatic carbocycles. The zero-order valence-corrected chi connectivity index (χ0v) is 8.17. The van der Waals surface area contributed by atoms with E-state index in [1.165, 1.54) is 0 Å². The van der Waals surface area contributed by atoms with Crippen molar-refractivity contribution in [2.45, 2.75) is 25.8 Å². The van der Waals surface area contributed by atoms with Crippen molar-refractivity contribution < 1.29 is 4.79 Å². The van der Waals surface area contributed by atoms with Crippen molar-refractivity contribution in [2.24, 2.45) is 0 Å². The van der Waals surface area contributed by atoms with E-state index in [1.807, 2.05) is 0 Å². The first kappa shape index (κ1) is 7.98. The predicted molar refractivity (Wildman–Crippen MR) is 48.1 cm³/mol. The minimum absolute atomic E-state index is 0.205. The third kappa shape index (κ3) is 1.20. The van der Waals surface area contributed by atoms with Gasteiger partial charge in [0.1, 0.15) is 5.69 Å². The van der Waals surface area contributed by atoms with E-state index in [1.54, 1.807) is 10.9 Å². The summed E-state index contributed by atoms with van der Waals surface area (Å²) in [6.45, 7) is 0.868. The number of hydrogen-bond acceptors (Lipinski definition) is 2. The molecule has 0 atom stereocenters. The largest absolute Gasteiger partial charge is 0.292 e. The van der Waals surface area contributed by atoms with Crippen molar-refractivity contribution in [2.75, 3.05) is 0 Å². The summed E-state index contributed by atoms with van der Waals surface area (Å²) >= 11 is 3.32. The van der Waals surface area contributed by atoms with Crippen molar-refractivity contribution in [3.8, 4) is 0 Å². The number of rotatable bonds is 0. The molecule has 3 nitrogen and oxygen atoms in total. The number of hydrogen-bond donors (Lipinski definition) is 0. The highest BCUT2D eigenvalue weighted by Crippen LogP contribution is 2.21. The zero-order valence-electron chi connectivity index (χ0n) is 6.59. The third-order valence-corrected chi connectivity index (χ3v) is 2.66. The van der Waals surface area contributed by atoms with Crippen molar-refractivity contribution in [3.63, 3.8) is 0 Å². The van der Waals surface area contributed by atoms with Gasteiger partial charge in [0, 0.05) is 13.0 Å². The van der Waals surface area contributed by atoms with E-state index in [4.69, 9.17) is 0 Å². The van der Waals surface area contributed by atoms with Crippen LogP contribution in [0.2, 0.25) is 0 Å². The molecule has 1 aliphatic rings. The van der Waals surface area contributed by atoms with Crippen LogP contribution in [0.4, 0.5) is 0 Å². The maximum Gasteiger partial charge on any atom is 0.182 e. The summed E-state index contributed by atoms with van der Waals surface area (Å²) in [5.74, 6) is 0.205. The summed E-state index contributed by atoms with van der Waals surface area (Å²) in [5.41, 5.74) is 0.743. The summed E-state index contributed by atoms with van der Waals surface area (Å²) in [7, 11) is 0. The Labute approximate surface area is 78.9 Å². The van der Waals surface area contributed by atoms with Gasteiger partial charge >= 0.3 is 0 Å². The Morgan fingerprint density at radius 3 is 3.17 bits per heavy atom. The van der Waals surface area contributed by atoms with Gasteiger partial charge in [0.05, 0.1) is 10.7 Å². The van der Waals surface area contributed by atoms with Crippen LogP contribution < -0.4 is 0 Å². The summed E-state index contributed by atoms with van der Waals surface area (Å²) in [6, 6.07) is 0. The lowest BCUT2D eigenvalue weighted by Crippen LogP contribution is -2.06. The highest BCUT2D eigenvalue weighted by atomic mass is 79.9. The number of halogens is 1. The molecule has 1 aliphatic heterocycles. The standard InChI is InChI=1S/C8H9BrN2O/c9-6-5-10-11-4-2-1-3-7(12)8(6)11/h5H,1-4H2. The first-order valence-corrected chi connectivity index (χ1v) is 4.83. The summed E-state index contributed by atoms with van der Waals surface area (Å²) in [4.78, 5) is 11.5. The molecule has 0 amide bonds. The fraction of sp³-hybridized carbons (Fsp3) is 0.500. The van der Waals surface area contributed by atoms with Crippen LogP contribution in [0.5, 0.6) is 0 Å². The average molecular weight is 229 g/mol. The molecule has 1 aromatic rings. The fourth-order valence-corrected chi connectivity index (χ4v) is 1.99. The highest BCUT2D eigenvalue weighted by molar-refractivity contribution is 9.10. The summed E-state index contributed by atoms with van der Waals surface area (Å²) < 4.78 is 2.62. The lowest BCUT2D eigenvalue weighted by molar-refractivity contribution is 0.0975. The molecule has 0 fully saturated rings. The van der Waals surface area contributed by atoms with Crippen LogP contribution >= 0.6 is 15.9 Å². The molecule has 0 spiro atoms. The van der Waals surface area contributed by atoms with Gasteiger partial charge in [-0.3, -0.25) is 9.48 Å². The van der Waals surface area contributed by atoms with Gasteiger partial charge in [-0.05, 0) is 28.8 Å². The number of ketones is 1. The summed E-state index contributed by atoms with van der Waals surface area (Å²) in [5, 5.41) is 4.12. The number of carbonyl (C=O) groups excluding carboxylic acids is 1. The lowest BCUT2D eigenvalue weighted by Gasteiger charge is -1.99. The Balaban J connectivity index is 2.49. The SMILES string of the molecule is O=C1CCCCn2ncc(Br)c21. The molecule has 0 aromatic carbocycles. The van der Waals surface area contributed by atoms with Gasteiger partial charge in [-0.25, -0.2) is 0 Å². The number of fused-ring (bicyclic) bond motifs is 1. The second-order valence-electron chi connectivity index (χ2n) is 2.94. The van der Waals surface area contributed by atoms with E-state index in [9.17, 15) is 4.79 Å². The maximum atomic E-state index is 11.5. The van der Waals surface area contributed by atoms with Crippen LogP contribution in [0, 0.1) is 0 Å². The molecule has 4 heteroatoms. The zero-order chi connectivity index (χ0) is 8.55. The molecule has 1 aromatic heterocycles. The third-order valence-electron chi connectivity index (χ3n) is 2.08. The summed E-state index contributed by atoms with van der Waals surface area (Å²) in [6.07, 6.45) is 4.38. The monoisotopic (exact) mass is 228 g/mol. The molecule has 0 radical (unpaired) electrons. The van der Waals surface area contributed by atoms with Crippen LogP contribution in [-0.4, -0.2) is 15.6 Å². The van der Waals surface area contributed by atoms with Gasteiger partial charge in [0.2, 0.25) is 0 Å². The Hall–Kier alpha value is -0.640. The quantitative estimate of drug-likeness (QED) is 0.682. The van der Waals surface area contributed by atoms with E-state index in [-0.39, 0.29) is 5.78 Å².